The van der Waals surface area contributed by atoms with Crippen LogP contribution in [0.15, 0.2) is 24.3 Å². The fraction of sp³-hybridized carbons (Fsp3) is 0.533. The zero-order valence-corrected chi connectivity index (χ0v) is 12.2. The molecule has 0 aliphatic heterocycles. The van der Waals surface area contributed by atoms with Crippen molar-refractivity contribution >= 4 is 5.97 Å². The van der Waals surface area contributed by atoms with Gasteiger partial charge in [-0.3, -0.25) is 0 Å². The Balaban J connectivity index is 2.14. The molecule has 1 aromatic rings. The first-order chi connectivity index (χ1) is 10.3. The number of ether oxygens (including phenoxy) is 4. The zero-order valence-electron chi connectivity index (χ0n) is 12.2. The number of carbonyl (C=O) groups is 1. The average molecular weight is 298 g/mol. The molecule has 0 saturated heterocycles. The van der Waals surface area contributed by atoms with Crippen LogP contribution >= 0.6 is 0 Å². The van der Waals surface area contributed by atoms with Crippen LogP contribution in [-0.2, 0) is 14.2 Å². The molecule has 0 atom stereocenters. The summed E-state index contributed by atoms with van der Waals surface area (Å²) in [6.45, 7) is 4.25. The van der Waals surface area contributed by atoms with Crippen LogP contribution in [0.5, 0.6) is 5.75 Å². The molecule has 0 aromatic heterocycles. The predicted octanol–water partition coefficient (Wildman–Crippen LogP) is 1.27. The van der Waals surface area contributed by atoms with E-state index in [9.17, 15) is 4.79 Å². The van der Waals surface area contributed by atoms with Gasteiger partial charge in [-0.25, -0.2) is 4.79 Å². The molecule has 6 heteroatoms. The monoisotopic (exact) mass is 298 g/mol. The highest BCUT2D eigenvalue weighted by molar-refractivity contribution is 5.89. The van der Waals surface area contributed by atoms with Crippen LogP contribution in [-0.4, -0.2) is 57.3 Å². The lowest BCUT2D eigenvalue weighted by molar-refractivity contribution is 0.0247. The summed E-state index contributed by atoms with van der Waals surface area (Å²) in [5.74, 6) is 0.332. The summed E-state index contributed by atoms with van der Waals surface area (Å²) in [5.41, 5.74) is 0.501. The summed E-state index contributed by atoms with van der Waals surface area (Å²) in [7, 11) is 0. The number of hydrogen-bond donors (Lipinski definition) is 1. The molecule has 118 valence electrons. The van der Waals surface area contributed by atoms with E-state index >= 15 is 0 Å². The minimum atomic E-state index is -0.338. The van der Waals surface area contributed by atoms with Crippen LogP contribution < -0.4 is 4.74 Å². The second-order valence-corrected chi connectivity index (χ2v) is 4.04. The van der Waals surface area contributed by atoms with Gasteiger partial charge in [-0.05, 0) is 31.2 Å². The number of esters is 1. The van der Waals surface area contributed by atoms with Crippen molar-refractivity contribution in [3.8, 4) is 5.75 Å². The van der Waals surface area contributed by atoms with Crippen LogP contribution in [0.3, 0.4) is 0 Å². The van der Waals surface area contributed by atoms with Crippen molar-refractivity contribution in [2.24, 2.45) is 0 Å². The van der Waals surface area contributed by atoms with E-state index in [4.69, 9.17) is 24.1 Å². The largest absolute Gasteiger partial charge is 0.491 e. The van der Waals surface area contributed by atoms with Gasteiger partial charge in [0, 0.05) is 0 Å². The number of carbonyl (C=O) groups excluding carboxylic acids is 1. The molecular formula is C15H22O6. The van der Waals surface area contributed by atoms with Crippen molar-refractivity contribution in [3.05, 3.63) is 29.8 Å². The molecule has 1 aromatic carbocycles. The number of rotatable bonds is 11. The fourth-order valence-corrected chi connectivity index (χ4v) is 1.51. The van der Waals surface area contributed by atoms with Gasteiger partial charge in [-0.2, -0.15) is 0 Å². The Bertz CT molecular complexity index is 390. The van der Waals surface area contributed by atoms with Gasteiger partial charge in [-0.1, -0.05) is 0 Å². The van der Waals surface area contributed by atoms with Gasteiger partial charge in [0.15, 0.2) is 0 Å². The van der Waals surface area contributed by atoms with Crippen LogP contribution in [0.2, 0.25) is 0 Å². The van der Waals surface area contributed by atoms with E-state index in [1.54, 1.807) is 31.2 Å². The number of hydrogen-bond acceptors (Lipinski definition) is 6. The maximum Gasteiger partial charge on any atom is 0.338 e. The molecule has 0 saturated carbocycles. The normalized spacial score (nSPS) is 10.4. The van der Waals surface area contributed by atoms with Crippen molar-refractivity contribution in [1.82, 2.24) is 0 Å². The molecule has 0 heterocycles. The SMILES string of the molecule is CCOC(=O)c1ccc(OCCOCCOCCO)cc1. The number of aliphatic hydroxyl groups excluding tert-OH is 1. The molecule has 1 N–H and O–H groups in total. The maximum atomic E-state index is 11.5. The van der Waals surface area contributed by atoms with Crippen LogP contribution in [0.25, 0.3) is 0 Å². The molecule has 0 spiro atoms. The van der Waals surface area contributed by atoms with Gasteiger partial charge in [0.2, 0.25) is 0 Å². The van der Waals surface area contributed by atoms with E-state index in [0.29, 0.717) is 51.0 Å². The number of aliphatic hydroxyl groups is 1. The van der Waals surface area contributed by atoms with Crippen molar-refractivity contribution < 1.29 is 28.8 Å². The third kappa shape index (κ3) is 7.65. The van der Waals surface area contributed by atoms with E-state index in [2.05, 4.69) is 0 Å². The molecule has 0 fully saturated rings. The molecule has 0 aliphatic carbocycles. The van der Waals surface area contributed by atoms with Crippen LogP contribution in [0, 0.1) is 0 Å². The highest BCUT2D eigenvalue weighted by atomic mass is 16.5. The molecular weight excluding hydrogens is 276 g/mol. The summed E-state index contributed by atoms with van der Waals surface area (Å²) in [4.78, 5) is 11.5. The second kappa shape index (κ2) is 11.1. The Hall–Kier alpha value is -1.63. The summed E-state index contributed by atoms with van der Waals surface area (Å²) >= 11 is 0. The smallest absolute Gasteiger partial charge is 0.338 e. The first kappa shape index (κ1) is 17.4. The lowest BCUT2D eigenvalue weighted by Gasteiger charge is -2.08. The molecule has 0 aliphatic rings. The Morgan fingerprint density at radius 1 is 1.00 bits per heavy atom. The van der Waals surface area contributed by atoms with E-state index in [0.717, 1.165) is 0 Å². The van der Waals surface area contributed by atoms with Gasteiger partial charge in [0.25, 0.3) is 0 Å². The summed E-state index contributed by atoms with van der Waals surface area (Å²) < 4.78 is 20.7. The van der Waals surface area contributed by atoms with E-state index in [1.165, 1.54) is 0 Å². The molecule has 0 unspecified atom stereocenters. The highest BCUT2D eigenvalue weighted by Crippen LogP contribution is 2.12. The highest BCUT2D eigenvalue weighted by Gasteiger charge is 2.05. The third-order valence-corrected chi connectivity index (χ3v) is 2.47. The van der Waals surface area contributed by atoms with Crippen molar-refractivity contribution in [3.63, 3.8) is 0 Å². The minimum absolute atomic E-state index is 0.0188. The van der Waals surface area contributed by atoms with Crippen molar-refractivity contribution in [2.45, 2.75) is 6.92 Å². The Kier molecular flexibility index (Phi) is 9.19. The van der Waals surface area contributed by atoms with Gasteiger partial charge >= 0.3 is 5.97 Å². The first-order valence-electron chi connectivity index (χ1n) is 6.94. The third-order valence-electron chi connectivity index (χ3n) is 2.47. The minimum Gasteiger partial charge on any atom is -0.491 e. The van der Waals surface area contributed by atoms with E-state index < -0.39 is 0 Å². The molecule has 1 rings (SSSR count). The molecule has 0 radical (unpaired) electrons. The topological polar surface area (TPSA) is 74.2 Å². The first-order valence-corrected chi connectivity index (χ1v) is 6.94. The zero-order chi connectivity index (χ0) is 15.3. The lowest BCUT2D eigenvalue weighted by Crippen LogP contribution is -2.12. The molecule has 6 nitrogen and oxygen atoms in total. The second-order valence-electron chi connectivity index (χ2n) is 4.04. The summed E-state index contributed by atoms with van der Waals surface area (Å²) in [6, 6.07) is 6.76. The molecule has 21 heavy (non-hydrogen) atoms. The summed E-state index contributed by atoms with van der Waals surface area (Å²) in [5, 5.41) is 8.50. The lowest BCUT2D eigenvalue weighted by atomic mass is 10.2. The molecule has 0 bridgehead atoms. The predicted molar refractivity (Wildman–Crippen MR) is 76.6 cm³/mol. The van der Waals surface area contributed by atoms with Crippen molar-refractivity contribution in [2.75, 3.05) is 46.2 Å². The Morgan fingerprint density at radius 3 is 2.24 bits per heavy atom. The summed E-state index contributed by atoms with van der Waals surface area (Å²) in [6.07, 6.45) is 0. The standard InChI is InChI=1S/C15H22O6/c1-2-20-15(17)13-3-5-14(6-4-13)21-12-11-19-10-9-18-8-7-16/h3-6,16H,2,7-12H2,1H3. The maximum absolute atomic E-state index is 11.5. The Labute approximate surface area is 124 Å². The molecule has 0 amide bonds. The van der Waals surface area contributed by atoms with Gasteiger partial charge in [0.05, 0.1) is 45.2 Å². The average Bonchev–Trinajstić information content (AvgIpc) is 2.51. The van der Waals surface area contributed by atoms with E-state index in [-0.39, 0.29) is 12.6 Å². The van der Waals surface area contributed by atoms with Gasteiger partial charge < -0.3 is 24.1 Å². The van der Waals surface area contributed by atoms with Gasteiger partial charge in [0.1, 0.15) is 12.4 Å². The van der Waals surface area contributed by atoms with Crippen LogP contribution in [0.4, 0.5) is 0 Å². The van der Waals surface area contributed by atoms with E-state index in [1.807, 2.05) is 0 Å². The van der Waals surface area contributed by atoms with Gasteiger partial charge in [-0.15, -0.1) is 0 Å². The van der Waals surface area contributed by atoms with Crippen molar-refractivity contribution in [1.29, 1.82) is 0 Å². The number of benzene rings is 1. The Morgan fingerprint density at radius 2 is 1.62 bits per heavy atom. The quantitative estimate of drug-likeness (QED) is 0.490. The van der Waals surface area contributed by atoms with Crippen LogP contribution in [0.1, 0.15) is 17.3 Å². The fourth-order valence-electron chi connectivity index (χ4n) is 1.51.